The molecule has 1 atom stereocenters. The molecule has 0 aromatic carbocycles. The molecule has 5 heteroatoms. The van der Waals surface area contributed by atoms with E-state index in [1.54, 1.807) is 4.90 Å². The summed E-state index contributed by atoms with van der Waals surface area (Å²) >= 11 is 0. The Labute approximate surface area is 83.8 Å². The molecule has 0 radical (unpaired) electrons. The Balaban J connectivity index is 2.28. The molecule has 0 aromatic rings. The van der Waals surface area contributed by atoms with Crippen LogP contribution in [-0.4, -0.2) is 49.4 Å². The minimum absolute atomic E-state index is 0.00190. The number of likely N-dealkylation sites (N-methyl/N-ethyl adjacent to an activating group) is 1. The monoisotopic (exact) mass is 199 g/mol. The fourth-order valence-corrected chi connectivity index (χ4v) is 1.53. The van der Waals surface area contributed by atoms with Gasteiger partial charge in [-0.1, -0.05) is 0 Å². The van der Waals surface area contributed by atoms with Crippen LogP contribution in [0.2, 0.25) is 0 Å². The summed E-state index contributed by atoms with van der Waals surface area (Å²) in [7, 11) is 1.90. The highest BCUT2D eigenvalue weighted by atomic mass is 16.2. The third kappa shape index (κ3) is 2.99. The number of hydrogen-bond acceptors (Lipinski definition) is 3. The molecule has 2 N–H and O–H groups in total. The molecule has 0 bridgehead atoms. The van der Waals surface area contributed by atoms with Crippen LogP contribution in [0.3, 0.4) is 0 Å². The van der Waals surface area contributed by atoms with Crippen LogP contribution in [0.5, 0.6) is 0 Å². The first kappa shape index (κ1) is 11.0. The van der Waals surface area contributed by atoms with Gasteiger partial charge in [0.25, 0.3) is 0 Å². The molecule has 5 nitrogen and oxygen atoms in total. The highest BCUT2D eigenvalue weighted by Crippen LogP contribution is 2.07. The molecule has 1 heterocycles. The van der Waals surface area contributed by atoms with Crippen molar-refractivity contribution in [2.24, 2.45) is 0 Å². The van der Waals surface area contributed by atoms with E-state index < -0.39 is 0 Å². The van der Waals surface area contributed by atoms with Crippen molar-refractivity contribution in [1.29, 1.82) is 0 Å². The molecule has 1 rings (SSSR count). The van der Waals surface area contributed by atoms with E-state index in [9.17, 15) is 9.59 Å². The lowest BCUT2D eigenvalue weighted by Crippen LogP contribution is -2.39. The largest absolute Gasteiger partial charge is 0.347 e. The van der Waals surface area contributed by atoms with E-state index in [0.29, 0.717) is 6.04 Å². The second-order valence-electron chi connectivity index (χ2n) is 3.52. The van der Waals surface area contributed by atoms with Gasteiger partial charge in [-0.05, 0) is 13.5 Å². The summed E-state index contributed by atoms with van der Waals surface area (Å²) in [6, 6.07) is 0.399. The number of amides is 2. The number of rotatable bonds is 3. The molecular formula is C9H17N3O2. The predicted molar refractivity (Wildman–Crippen MR) is 52.7 cm³/mol. The lowest BCUT2D eigenvalue weighted by atomic mass is 10.3. The summed E-state index contributed by atoms with van der Waals surface area (Å²) in [5.74, 6) is -0.166. The van der Waals surface area contributed by atoms with Crippen LogP contribution in [0.15, 0.2) is 0 Å². The molecule has 1 fully saturated rings. The van der Waals surface area contributed by atoms with Crippen LogP contribution >= 0.6 is 0 Å². The Morgan fingerprint density at radius 1 is 1.50 bits per heavy atom. The fourth-order valence-electron chi connectivity index (χ4n) is 1.53. The summed E-state index contributed by atoms with van der Waals surface area (Å²) in [4.78, 5) is 23.9. The van der Waals surface area contributed by atoms with E-state index in [-0.39, 0.29) is 18.4 Å². The van der Waals surface area contributed by atoms with E-state index >= 15 is 0 Å². The second-order valence-corrected chi connectivity index (χ2v) is 3.52. The lowest BCUT2D eigenvalue weighted by molar-refractivity contribution is -0.131. The van der Waals surface area contributed by atoms with Crippen molar-refractivity contribution in [2.45, 2.75) is 19.4 Å². The molecule has 14 heavy (non-hydrogen) atoms. The number of carbonyl (C=O) groups is 2. The molecular weight excluding hydrogens is 182 g/mol. The average Bonchev–Trinajstić information content (AvgIpc) is 2.62. The minimum atomic E-state index is -0.164. The van der Waals surface area contributed by atoms with E-state index in [1.807, 2.05) is 7.05 Å². The molecule has 2 amide bonds. The van der Waals surface area contributed by atoms with Crippen molar-refractivity contribution >= 4 is 11.8 Å². The van der Waals surface area contributed by atoms with Gasteiger partial charge in [0.15, 0.2) is 0 Å². The maximum atomic E-state index is 11.5. The quantitative estimate of drug-likeness (QED) is 0.609. The summed E-state index contributed by atoms with van der Waals surface area (Å²) in [5.41, 5.74) is 0. The lowest BCUT2D eigenvalue weighted by Gasteiger charge is -2.16. The molecule has 1 unspecified atom stereocenters. The first-order chi connectivity index (χ1) is 6.63. The molecule has 0 saturated carbocycles. The zero-order valence-electron chi connectivity index (χ0n) is 8.67. The number of hydrogen-bond donors (Lipinski definition) is 2. The van der Waals surface area contributed by atoms with Crippen LogP contribution in [0.4, 0.5) is 0 Å². The van der Waals surface area contributed by atoms with Crippen molar-refractivity contribution in [1.82, 2.24) is 15.5 Å². The van der Waals surface area contributed by atoms with Gasteiger partial charge < -0.3 is 15.5 Å². The van der Waals surface area contributed by atoms with Crippen molar-refractivity contribution in [3.05, 3.63) is 0 Å². The van der Waals surface area contributed by atoms with E-state index in [0.717, 1.165) is 19.5 Å². The van der Waals surface area contributed by atoms with Gasteiger partial charge in [0.1, 0.15) is 0 Å². The molecule has 1 aliphatic rings. The number of nitrogens with zero attached hydrogens (tertiary/aromatic N) is 1. The number of carbonyl (C=O) groups excluding carboxylic acids is 2. The molecule has 0 aliphatic carbocycles. The Bertz CT molecular complexity index is 230. The van der Waals surface area contributed by atoms with Gasteiger partial charge in [-0.2, -0.15) is 0 Å². The second kappa shape index (κ2) is 4.95. The van der Waals surface area contributed by atoms with E-state index in [4.69, 9.17) is 0 Å². The molecule has 1 aliphatic heterocycles. The van der Waals surface area contributed by atoms with Gasteiger partial charge >= 0.3 is 0 Å². The molecule has 80 valence electrons. The molecule has 0 spiro atoms. The first-order valence-corrected chi connectivity index (χ1v) is 4.83. The Hall–Kier alpha value is -1.10. The zero-order valence-corrected chi connectivity index (χ0v) is 8.67. The molecule has 0 aromatic heterocycles. The van der Waals surface area contributed by atoms with Crippen molar-refractivity contribution in [3.63, 3.8) is 0 Å². The Morgan fingerprint density at radius 2 is 2.21 bits per heavy atom. The van der Waals surface area contributed by atoms with Gasteiger partial charge in [-0.15, -0.1) is 0 Å². The van der Waals surface area contributed by atoms with Crippen molar-refractivity contribution in [3.8, 4) is 0 Å². The number of likely N-dealkylation sites (tertiary alicyclic amines) is 1. The van der Waals surface area contributed by atoms with Crippen LogP contribution in [0.25, 0.3) is 0 Å². The smallest absolute Gasteiger partial charge is 0.242 e. The Kier molecular flexibility index (Phi) is 3.88. The van der Waals surface area contributed by atoms with Gasteiger partial charge in [0.05, 0.1) is 6.54 Å². The van der Waals surface area contributed by atoms with Crippen LogP contribution in [-0.2, 0) is 9.59 Å². The number of nitrogens with one attached hydrogen (secondary N) is 2. The minimum Gasteiger partial charge on any atom is -0.347 e. The zero-order chi connectivity index (χ0) is 10.6. The summed E-state index contributed by atoms with van der Waals surface area (Å²) < 4.78 is 0. The first-order valence-electron chi connectivity index (χ1n) is 4.83. The van der Waals surface area contributed by atoms with Gasteiger partial charge in [0, 0.05) is 26.1 Å². The fraction of sp³-hybridized carbons (Fsp3) is 0.778. The Morgan fingerprint density at radius 3 is 2.71 bits per heavy atom. The average molecular weight is 199 g/mol. The third-order valence-electron chi connectivity index (χ3n) is 2.44. The van der Waals surface area contributed by atoms with Crippen molar-refractivity contribution < 1.29 is 9.59 Å². The third-order valence-corrected chi connectivity index (χ3v) is 2.44. The maximum Gasteiger partial charge on any atom is 0.242 e. The predicted octanol–water partition coefficient (Wildman–Crippen LogP) is -1.06. The highest BCUT2D eigenvalue weighted by molar-refractivity contribution is 5.83. The standard InChI is InChI=1S/C9H17N3O2/c1-7(13)11-5-9(14)12-4-3-8(6-12)10-2/h8,10H,3-6H2,1-2H3,(H,11,13). The maximum absolute atomic E-state index is 11.5. The van der Waals surface area contributed by atoms with Gasteiger partial charge in [-0.3, -0.25) is 9.59 Å². The summed E-state index contributed by atoms with van der Waals surface area (Å²) in [6.45, 7) is 3.05. The van der Waals surface area contributed by atoms with Crippen LogP contribution in [0, 0.1) is 0 Å². The summed E-state index contributed by atoms with van der Waals surface area (Å²) in [5, 5.41) is 5.64. The SMILES string of the molecule is CNC1CCN(C(=O)CNC(C)=O)C1. The van der Waals surface area contributed by atoms with E-state index in [1.165, 1.54) is 6.92 Å². The summed E-state index contributed by atoms with van der Waals surface area (Å²) in [6.07, 6.45) is 0.988. The van der Waals surface area contributed by atoms with Crippen molar-refractivity contribution in [2.75, 3.05) is 26.7 Å². The molecule has 1 saturated heterocycles. The van der Waals surface area contributed by atoms with Crippen LogP contribution in [0.1, 0.15) is 13.3 Å². The van der Waals surface area contributed by atoms with Gasteiger partial charge in [0.2, 0.25) is 11.8 Å². The van der Waals surface area contributed by atoms with Gasteiger partial charge in [-0.25, -0.2) is 0 Å². The normalized spacial score (nSPS) is 21.0. The van der Waals surface area contributed by atoms with E-state index in [2.05, 4.69) is 10.6 Å². The van der Waals surface area contributed by atoms with Crippen LogP contribution < -0.4 is 10.6 Å². The topological polar surface area (TPSA) is 61.4 Å². The highest BCUT2D eigenvalue weighted by Gasteiger charge is 2.24.